The van der Waals surface area contributed by atoms with Crippen molar-refractivity contribution in [2.45, 2.75) is 19.8 Å². The molecule has 0 heterocycles. The summed E-state index contributed by atoms with van der Waals surface area (Å²) in [5.74, 6) is 0. The second-order valence-electron chi connectivity index (χ2n) is 1.60. The molecule has 0 unspecified atom stereocenters. The van der Waals surface area contributed by atoms with Gasteiger partial charge in [-0.05, 0) is 6.42 Å². The molecule has 0 amide bonds. The fourth-order valence-corrected chi connectivity index (χ4v) is 0.637. The van der Waals surface area contributed by atoms with Crippen LogP contribution in [0.4, 0.5) is 0 Å². The zero-order valence-corrected chi connectivity index (χ0v) is 6.02. The van der Waals surface area contributed by atoms with Gasteiger partial charge in [0, 0.05) is 0 Å². The number of rotatable bonds is 4. The van der Waals surface area contributed by atoms with Crippen LogP contribution in [0.3, 0.4) is 0 Å². The molecule has 0 atom stereocenters. The Morgan fingerprint density at radius 1 is 1.50 bits per heavy atom. The predicted molar refractivity (Wildman–Crippen MR) is 39.6 cm³/mol. The van der Waals surface area contributed by atoms with E-state index in [9.17, 15) is 8.42 Å². The van der Waals surface area contributed by atoms with E-state index < -0.39 is 10.4 Å². The Morgan fingerprint density at radius 2 is 2.00 bits per heavy atom. The average Bonchev–Trinajstić information content (AvgIpc) is 1.63. The molecule has 0 saturated heterocycles. The summed E-state index contributed by atoms with van der Waals surface area (Å²) in [5.41, 5.74) is 0. The summed E-state index contributed by atoms with van der Waals surface area (Å²) in [6.45, 7) is 1.96. The van der Waals surface area contributed by atoms with Crippen LogP contribution in [0.25, 0.3) is 0 Å². The summed E-state index contributed by atoms with van der Waals surface area (Å²) in [6, 6.07) is 0. The molecule has 0 aliphatic carbocycles. The van der Waals surface area contributed by atoms with Gasteiger partial charge < -0.3 is 0 Å². The Labute approximate surface area is 104 Å². The Kier molecular flexibility index (Phi) is 10.1. The Hall–Kier alpha value is 1.51. The maximum absolute atomic E-state index is 9.84. The Morgan fingerprint density at radius 3 is 2.30 bits per heavy atom. The molecule has 6 heteroatoms. The second-order valence-corrected chi connectivity index (χ2v) is 2.69. The standard InChI is InChI=1S/C4H10O4S.K.H/c1-2-3-4-8-9(5,6)7;;/h2-4H2,1H3,(H,5,6,7);;. The van der Waals surface area contributed by atoms with Crippen LogP contribution in [0.1, 0.15) is 19.8 Å². The number of hydrogen-bond donors (Lipinski definition) is 1. The fourth-order valence-electron chi connectivity index (χ4n) is 0.309. The third-order valence-corrected chi connectivity index (χ3v) is 1.19. The average molecular weight is 194 g/mol. The van der Waals surface area contributed by atoms with Crippen molar-refractivity contribution in [1.82, 2.24) is 0 Å². The summed E-state index contributed by atoms with van der Waals surface area (Å²) in [4.78, 5) is 0. The fraction of sp³-hybridized carbons (Fsp3) is 1.00. The van der Waals surface area contributed by atoms with Gasteiger partial charge in [0.05, 0.1) is 6.61 Å². The van der Waals surface area contributed by atoms with Crippen molar-refractivity contribution in [3.63, 3.8) is 0 Å². The summed E-state index contributed by atoms with van der Waals surface area (Å²) >= 11 is 0. The quantitative estimate of drug-likeness (QED) is 0.387. The van der Waals surface area contributed by atoms with Crippen LogP contribution >= 0.6 is 0 Å². The molecule has 0 radical (unpaired) electrons. The Balaban J connectivity index is 0. The topological polar surface area (TPSA) is 63.6 Å². The van der Waals surface area contributed by atoms with Gasteiger partial charge in [-0.2, -0.15) is 8.42 Å². The van der Waals surface area contributed by atoms with Crippen LogP contribution in [0, 0.1) is 0 Å². The van der Waals surface area contributed by atoms with Gasteiger partial charge >= 0.3 is 61.8 Å². The Bertz CT molecular complexity index is 153. The van der Waals surface area contributed by atoms with Crippen LogP contribution in [0.15, 0.2) is 0 Å². The van der Waals surface area contributed by atoms with E-state index in [2.05, 4.69) is 4.18 Å². The van der Waals surface area contributed by atoms with E-state index in [4.69, 9.17) is 4.55 Å². The minimum absolute atomic E-state index is 0. The van der Waals surface area contributed by atoms with E-state index in [1.807, 2.05) is 6.92 Å². The van der Waals surface area contributed by atoms with Crippen molar-refractivity contribution < 1.29 is 17.2 Å². The van der Waals surface area contributed by atoms with E-state index in [1.165, 1.54) is 0 Å². The van der Waals surface area contributed by atoms with Gasteiger partial charge in [0.15, 0.2) is 0 Å². The van der Waals surface area contributed by atoms with Crippen LogP contribution in [-0.4, -0.2) is 71.0 Å². The van der Waals surface area contributed by atoms with Gasteiger partial charge in [-0.15, -0.1) is 0 Å². The third kappa shape index (κ3) is 12.2. The first kappa shape index (κ1) is 14.1. The molecular formula is C4H11KO4S. The first-order chi connectivity index (χ1) is 4.06. The summed E-state index contributed by atoms with van der Waals surface area (Å²) in [6.07, 6.45) is 1.48. The molecule has 0 fully saturated rings. The summed E-state index contributed by atoms with van der Waals surface area (Å²) in [7, 11) is -4.20. The summed E-state index contributed by atoms with van der Waals surface area (Å²) < 4.78 is 31.7. The molecule has 0 bridgehead atoms. The maximum atomic E-state index is 9.84. The van der Waals surface area contributed by atoms with Crippen molar-refractivity contribution in [1.29, 1.82) is 0 Å². The van der Waals surface area contributed by atoms with Crippen molar-refractivity contribution in [2.75, 3.05) is 6.61 Å². The van der Waals surface area contributed by atoms with Gasteiger partial charge in [-0.3, -0.25) is 4.55 Å². The first-order valence-electron chi connectivity index (χ1n) is 2.68. The normalized spacial score (nSPS) is 10.6. The molecule has 0 spiro atoms. The summed E-state index contributed by atoms with van der Waals surface area (Å²) in [5, 5.41) is 0. The van der Waals surface area contributed by atoms with Crippen molar-refractivity contribution in [2.24, 2.45) is 0 Å². The van der Waals surface area contributed by atoms with Crippen LogP contribution in [0.2, 0.25) is 0 Å². The molecular weight excluding hydrogens is 183 g/mol. The minimum atomic E-state index is -4.20. The molecule has 0 aromatic rings. The molecule has 0 rings (SSSR count). The van der Waals surface area contributed by atoms with Crippen LogP contribution < -0.4 is 0 Å². The zero-order chi connectivity index (χ0) is 7.33. The number of hydrogen-bond acceptors (Lipinski definition) is 3. The monoisotopic (exact) mass is 194 g/mol. The van der Waals surface area contributed by atoms with Crippen LogP contribution in [-0.2, 0) is 14.6 Å². The van der Waals surface area contributed by atoms with E-state index in [1.54, 1.807) is 0 Å². The SMILES string of the molecule is CCCCOS(=O)(=O)O.[KH]. The van der Waals surface area contributed by atoms with E-state index in [0.717, 1.165) is 6.42 Å². The molecule has 0 aliphatic heterocycles. The van der Waals surface area contributed by atoms with E-state index in [-0.39, 0.29) is 58.0 Å². The van der Waals surface area contributed by atoms with Crippen molar-refractivity contribution >= 4 is 61.8 Å². The van der Waals surface area contributed by atoms with Gasteiger partial charge in [-0.25, -0.2) is 4.18 Å². The van der Waals surface area contributed by atoms with Gasteiger partial charge in [-0.1, -0.05) is 13.3 Å². The van der Waals surface area contributed by atoms with Crippen LogP contribution in [0.5, 0.6) is 0 Å². The molecule has 0 aromatic carbocycles. The number of unbranched alkanes of at least 4 members (excludes halogenated alkanes) is 1. The molecule has 0 aromatic heterocycles. The van der Waals surface area contributed by atoms with Gasteiger partial charge in [0.2, 0.25) is 0 Å². The van der Waals surface area contributed by atoms with E-state index in [0.29, 0.717) is 6.42 Å². The van der Waals surface area contributed by atoms with Gasteiger partial charge in [0.1, 0.15) is 0 Å². The second kappa shape index (κ2) is 7.17. The molecule has 0 saturated carbocycles. The van der Waals surface area contributed by atoms with Gasteiger partial charge in [0.25, 0.3) is 0 Å². The molecule has 58 valence electrons. The van der Waals surface area contributed by atoms with Crippen molar-refractivity contribution in [3.8, 4) is 0 Å². The first-order valence-corrected chi connectivity index (χ1v) is 4.04. The molecule has 10 heavy (non-hydrogen) atoms. The molecule has 1 N–H and O–H groups in total. The molecule has 0 aliphatic rings. The van der Waals surface area contributed by atoms with Crippen molar-refractivity contribution in [3.05, 3.63) is 0 Å². The van der Waals surface area contributed by atoms with E-state index >= 15 is 0 Å². The zero-order valence-electron chi connectivity index (χ0n) is 5.20. The predicted octanol–water partition coefficient (Wildman–Crippen LogP) is -0.0426. The third-order valence-electron chi connectivity index (χ3n) is 0.730. The molecule has 4 nitrogen and oxygen atoms in total.